The maximum absolute atomic E-state index is 11.7. The molecular weight excluding hydrogens is 300 g/mol. The number of rotatable bonds is 13. The monoisotopic (exact) mass is 334 g/mol. The molecule has 0 rings (SSSR count). The van der Waals surface area contributed by atoms with Crippen LogP contribution >= 0.6 is 0 Å². The van der Waals surface area contributed by atoms with Crippen LogP contribution < -0.4 is 0 Å². The van der Waals surface area contributed by atoms with E-state index in [4.69, 9.17) is 18.0 Å². The quantitative estimate of drug-likeness (QED) is 0.219. The number of hydrogen-bond acceptors (Lipinski definition) is 5. The molecule has 0 heterocycles. The van der Waals surface area contributed by atoms with Crippen molar-refractivity contribution in [1.29, 1.82) is 0 Å². The fraction of sp³-hybridized carbons (Fsp3) is 0.938. The van der Waals surface area contributed by atoms with E-state index < -0.39 is 15.1 Å². The first-order valence-corrected chi connectivity index (χ1v) is 10.5. The molecule has 0 aromatic carbocycles. The van der Waals surface area contributed by atoms with Crippen LogP contribution in [0.1, 0.15) is 67.2 Å². The van der Waals surface area contributed by atoms with Gasteiger partial charge in [0.05, 0.1) is 5.92 Å². The zero-order valence-electron chi connectivity index (χ0n) is 15.1. The predicted octanol–water partition coefficient (Wildman–Crippen LogP) is 4.14. The van der Waals surface area contributed by atoms with Gasteiger partial charge in [-0.3, -0.25) is 4.79 Å². The molecule has 0 N–H and O–H groups in total. The molecule has 0 saturated carbocycles. The van der Waals surface area contributed by atoms with Gasteiger partial charge in [0.15, 0.2) is 6.29 Å². The number of carbonyl (C=O) groups excluding carboxylic acids is 1. The van der Waals surface area contributed by atoms with Crippen LogP contribution in [0.4, 0.5) is 0 Å². The fourth-order valence-electron chi connectivity index (χ4n) is 2.10. The third-order valence-corrected chi connectivity index (χ3v) is 6.28. The summed E-state index contributed by atoms with van der Waals surface area (Å²) in [7, 11) is -2.79. The second kappa shape index (κ2) is 12.0. The second-order valence-electron chi connectivity index (χ2n) is 5.64. The van der Waals surface area contributed by atoms with E-state index in [9.17, 15) is 4.79 Å². The highest BCUT2D eigenvalue weighted by molar-refractivity contribution is 6.60. The minimum atomic E-state index is -2.79. The van der Waals surface area contributed by atoms with Gasteiger partial charge in [0.1, 0.15) is 0 Å². The molecule has 1 unspecified atom stereocenters. The first kappa shape index (κ1) is 21.6. The third-order valence-electron chi connectivity index (χ3n) is 3.16. The van der Waals surface area contributed by atoms with E-state index in [0.29, 0.717) is 13.2 Å². The summed E-state index contributed by atoms with van der Waals surface area (Å²) in [5.74, 6) is -0.444. The molecule has 132 valence electrons. The molecule has 0 spiro atoms. The molecule has 0 aliphatic carbocycles. The first-order chi connectivity index (χ1) is 10.4. The SMILES string of the molecule is CCCCCC[Si](OCC)(OCC)OC(C)OC(=O)C(C)C. The van der Waals surface area contributed by atoms with E-state index in [-0.39, 0.29) is 11.9 Å². The topological polar surface area (TPSA) is 54.0 Å². The summed E-state index contributed by atoms with van der Waals surface area (Å²) >= 11 is 0. The molecule has 5 nitrogen and oxygen atoms in total. The molecule has 0 aromatic heterocycles. The summed E-state index contributed by atoms with van der Waals surface area (Å²) in [6, 6.07) is 0.762. The summed E-state index contributed by atoms with van der Waals surface area (Å²) in [5, 5.41) is 0. The number of unbranched alkanes of at least 4 members (excludes halogenated alkanes) is 3. The average Bonchev–Trinajstić information content (AvgIpc) is 2.44. The van der Waals surface area contributed by atoms with Crippen LogP contribution in [0.25, 0.3) is 0 Å². The Kier molecular flexibility index (Phi) is 11.8. The molecule has 22 heavy (non-hydrogen) atoms. The summed E-state index contributed by atoms with van der Waals surface area (Å²) < 4.78 is 23.0. The molecule has 0 amide bonds. The number of carbonyl (C=O) groups is 1. The summed E-state index contributed by atoms with van der Waals surface area (Å²) in [6.45, 7) is 12.4. The highest BCUT2D eigenvalue weighted by Crippen LogP contribution is 2.22. The first-order valence-electron chi connectivity index (χ1n) is 8.56. The van der Waals surface area contributed by atoms with Crippen molar-refractivity contribution in [3.05, 3.63) is 0 Å². The second-order valence-corrected chi connectivity index (χ2v) is 8.32. The Morgan fingerprint density at radius 3 is 2.00 bits per heavy atom. The van der Waals surface area contributed by atoms with Crippen LogP contribution in [0.3, 0.4) is 0 Å². The summed E-state index contributed by atoms with van der Waals surface area (Å²) in [5.41, 5.74) is 0. The molecule has 0 radical (unpaired) electrons. The molecule has 0 fully saturated rings. The molecule has 0 aliphatic rings. The van der Waals surface area contributed by atoms with E-state index in [1.54, 1.807) is 20.8 Å². The maximum atomic E-state index is 11.7. The van der Waals surface area contributed by atoms with E-state index in [1.807, 2.05) is 13.8 Å². The van der Waals surface area contributed by atoms with Gasteiger partial charge in [0.25, 0.3) is 0 Å². The lowest BCUT2D eigenvalue weighted by molar-refractivity contribution is -0.171. The van der Waals surface area contributed by atoms with Crippen LogP contribution in [0.2, 0.25) is 6.04 Å². The van der Waals surface area contributed by atoms with Gasteiger partial charge in [-0.1, -0.05) is 40.0 Å². The maximum Gasteiger partial charge on any atom is 0.503 e. The van der Waals surface area contributed by atoms with Crippen LogP contribution in [0, 0.1) is 5.92 Å². The predicted molar refractivity (Wildman–Crippen MR) is 89.4 cm³/mol. The third kappa shape index (κ3) is 8.88. The Bertz CT molecular complexity index is 290. The zero-order chi connectivity index (χ0) is 17.0. The lowest BCUT2D eigenvalue weighted by Gasteiger charge is -2.31. The molecule has 0 aromatic rings. The summed E-state index contributed by atoms with van der Waals surface area (Å²) in [4.78, 5) is 11.7. The molecule has 1 atom stereocenters. The Balaban J connectivity index is 4.69. The van der Waals surface area contributed by atoms with Gasteiger partial charge >= 0.3 is 14.8 Å². The number of esters is 1. The molecular formula is C16H34O5Si. The van der Waals surface area contributed by atoms with E-state index in [1.165, 1.54) is 12.8 Å². The largest absolute Gasteiger partial charge is 0.503 e. The molecule has 0 bridgehead atoms. The summed E-state index contributed by atoms with van der Waals surface area (Å²) in [6.07, 6.45) is 3.87. The van der Waals surface area contributed by atoms with E-state index in [2.05, 4.69) is 6.92 Å². The van der Waals surface area contributed by atoms with E-state index >= 15 is 0 Å². The lowest BCUT2D eigenvalue weighted by atomic mass is 10.2. The number of hydrogen-bond donors (Lipinski definition) is 0. The van der Waals surface area contributed by atoms with Gasteiger partial charge in [-0.15, -0.1) is 0 Å². The molecule has 6 heteroatoms. The Morgan fingerprint density at radius 1 is 0.955 bits per heavy atom. The van der Waals surface area contributed by atoms with Gasteiger partial charge in [-0.2, -0.15) is 0 Å². The van der Waals surface area contributed by atoms with Gasteiger partial charge in [0, 0.05) is 19.3 Å². The van der Waals surface area contributed by atoms with Crippen molar-refractivity contribution in [1.82, 2.24) is 0 Å². The van der Waals surface area contributed by atoms with Gasteiger partial charge < -0.3 is 18.0 Å². The zero-order valence-corrected chi connectivity index (χ0v) is 16.1. The van der Waals surface area contributed by atoms with Crippen molar-refractivity contribution < 1.29 is 22.8 Å². The number of ether oxygens (including phenoxy) is 1. The van der Waals surface area contributed by atoms with Crippen LogP contribution in [0.5, 0.6) is 0 Å². The Morgan fingerprint density at radius 2 is 1.55 bits per heavy atom. The smallest absolute Gasteiger partial charge is 0.437 e. The molecule has 0 saturated heterocycles. The minimum Gasteiger partial charge on any atom is -0.437 e. The normalized spacial score (nSPS) is 13.4. The van der Waals surface area contributed by atoms with Gasteiger partial charge in [-0.25, -0.2) is 0 Å². The molecule has 0 aliphatic heterocycles. The van der Waals surface area contributed by atoms with Crippen molar-refractivity contribution in [2.24, 2.45) is 5.92 Å². The van der Waals surface area contributed by atoms with E-state index in [0.717, 1.165) is 18.9 Å². The van der Waals surface area contributed by atoms with Crippen molar-refractivity contribution in [3.8, 4) is 0 Å². The van der Waals surface area contributed by atoms with Gasteiger partial charge in [-0.05, 0) is 27.2 Å². The van der Waals surface area contributed by atoms with Crippen LogP contribution in [0.15, 0.2) is 0 Å². The highest BCUT2D eigenvalue weighted by Gasteiger charge is 2.42. The van der Waals surface area contributed by atoms with Crippen molar-refractivity contribution in [2.45, 2.75) is 79.6 Å². The van der Waals surface area contributed by atoms with Crippen molar-refractivity contribution in [3.63, 3.8) is 0 Å². The van der Waals surface area contributed by atoms with Crippen LogP contribution in [-0.4, -0.2) is 34.3 Å². The Labute approximate surface area is 137 Å². The standard InChI is InChI=1S/C16H34O5Si/c1-7-10-11-12-13-22(18-8-2,19-9-3)21-15(6)20-16(17)14(4)5/h14-15H,7-13H2,1-6H3. The lowest BCUT2D eigenvalue weighted by Crippen LogP contribution is -2.49. The van der Waals surface area contributed by atoms with Gasteiger partial charge in [0.2, 0.25) is 0 Å². The minimum absolute atomic E-state index is 0.175. The van der Waals surface area contributed by atoms with Crippen molar-refractivity contribution in [2.75, 3.05) is 13.2 Å². The average molecular weight is 335 g/mol. The van der Waals surface area contributed by atoms with Crippen LogP contribution in [-0.2, 0) is 22.8 Å². The highest BCUT2D eigenvalue weighted by atomic mass is 28.4. The fourth-order valence-corrected chi connectivity index (χ4v) is 4.84. The van der Waals surface area contributed by atoms with Crippen molar-refractivity contribution >= 4 is 14.8 Å². The Hall–Kier alpha value is -0.433.